The molecule has 2 atom stereocenters. The Morgan fingerprint density at radius 2 is 1.46 bits per heavy atom. The van der Waals surface area contributed by atoms with E-state index < -0.39 is 53.0 Å². The van der Waals surface area contributed by atoms with Crippen LogP contribution in [0.5, 0.6) is 0 Å². The summed E-state index contributed by atoms with van der Waals surface area (Å²) in [4.78, 5) is 44.5. The molecule has 0 bridgehead atoms. The molecule has 8 nitrogen and oxygen atoms in total. The van der Waals surface area contributed by atoms with Crippen LogP contribution in [0.1, 0.15) is 48.3 Å². The van der Waals surface area contributed by atoms with E-state index in [1.165, 1.54) is 36.2 Å². The summed E-state index contributed by atoms with van der Waals surface area (Å²) < 4.78 is 99.8. The van der Waals surface area contributed by atoms with Crippen molar-refractivity contribution in [3.63, 3.8) is 0 Å². The van der Waals surface area contributed by atoms with E-state index in [1.54, 1.807) is 9.80 Å². The van der Waals surface area contributed by atoms with Gasteiger partial charge < -0.3 is 19.4 Å². The lowest BCUT2D eigenvalue weighted by molar-refractivity contribution is -0.143. The number of halogens is 7. The van der Waals surface area contributed by atoms with E-state index in [1.807, 2.05) is 0 Å². The summed E-state index contributed by atoms with van der Waals surface area (Å²) in [6.45, 7) is 1.04. The first kappa shape index (κ1) is 33.3. The lowest BCUT2D eigenvalue weighted by Gasteiger charge is -2.34. The number of carbonyl (C=O) groups excluding carboxylic acids is 3. The SMILES string of the molecule is CN(C(=O)N(C)C1CN(C(=O)C2CCC(N3CCOC3=O)CC2)CC1c1ccc(F)cc1)c1cc(C(F)(F)F)cc(C(F)(F)F)c1. The highest BCUT2D eigenvalue weighted by molar-refractivity contribution is 5.92. The van der Waals surface area contributed by atoms with Gasteiger partial charge in [0.05, 0.1) is 23.7 Å². The van der Waals surface area contributed by atoms with Crippen LogP contribution in [0.15, 0.2) is 42.5 Å². The zero-order valence-electron chi connectivity index (χ0n) is 25.1. The van der Waals surface area contributed by atoms with E-state index in [0.717, 1.165) is 7.05 Å². The summed E-state index contributed by atoms with van der Waals surface area (Å²) >= 11 is 0. The van der Waals surface area contributed by atoms with Gasteiger partial charge >= 0.3 is 24.5 Å². The van der Waals surface area contributed by atoms with Crippen LogP contribution in [0.25, 0.3) is 0 Å². The van der Waals surface area contributed by atoms with E-state index in [9.17, 15) is 45.1 Å². The minimum absolute atomic E-state index is 0.0131. The third kappa shape index (κ3) is 6.87. The summed E-state index contributed by atoms with van der Waals surface area (Å²) in [5.74, 6) is -1.51. The molecular weight excluding hydrogens is 625 g/mol. The van der Waals surface area contributed by atoms with Gasteiger partial charge in [-0.05, 0) is 61.6 Å². The van der Waals surface area contributed by atoms with E-state index in [2.05, 4.69) is 0 Å². The number of hydrogen-bond acceptors (Lipinski definition) is 4. The minimum atomic E-state index is -5.09. The van der Waals surface area contributed by atoms with Gasteiger partial charge in [0.2, 0.25) is 5.91 Å². The molecule has 1 saturated carbocycles. The average molecular weight is 659 g/mol. The summed E-state index contributed by atoms with van der Waals surface area (Å²) in [7, 11) is 2.44. The molecule has 5 rings (SSSR count). The first-order valence-electron chi connectivity index (χ1n) is 14.8. The lowest BCUT2D eigenvalue weighted by Crippen LogP contribution is -2.48. The predicted molar refractivity (Wildman–Crippen MR) is 151 cm³/mol. The number of likely N-dealkylation sites (N-methyl/N-ethyl adjacent to an activating group) is 1. The number of ether oxygens (including phenoxy) is 1. The van der Waals surface area contributed by atoms with Crippen molar-refractivity contribution in [2.75, 3.05) is 45.2 Å². The molecule has 2 aromatic carbocycles. The van der Waals surface area contributed by atoms with Crippen molar-refractivity contribution in [2.45, 2.75) is 56.0 Å². The highest BCUT2D eigenvalue weighted by Crippen LogP contribution is 2.40. The first-order chi connectivity index (χ1) is 21.5. The van der Waals surface area contributed by atoms with E-state index >= 15 is 0 Å². The fourth-order valence-electron chi connectivity index (χ4n) is 6.65. The van der Waals surface area contributed by atoms with Crippen LogP contribution in [0.3, 0.4) is 0 Å². The van der Waals surface area contributed by atoms with Gasteiger partial charge in [-0.2, -0.15) is 26.3 Å². The van der Waals surface area contributed by atoms with Gasteiger partial charge in [0.1, 0.15) is 12.4 Å². The lowest BCUT2D eigenvalue weighted by atomic mass is 9.84. The molecule has 15 heteroatoms. The van der Waals surface area contributed by atoms with Crippen molar-refractivity contribution >= 4 is 23.7 Å². The Bertz CT molecular complexity index is 1430. The number of hydrogen-bond donors (Lipinski definition) is 0. The number of cyclic esters (lactones) is 1. The van der Waals surface area contributed by atoms with Crippen molar-refractivity contribution in [3.8, 4) is 0 Å². The van der Waals surface area contributed by atoms with Crippen LogP contribution in [0.2, 0.25) is 0 Å². The number of likely N-dealkylation sites (tertiary alicyclic amines) is 1. The minimum Gasteiger partial charge on any atom is -0.448 e. The first-order valence-corrected chi connectivity index (χ1v) is 14.8. The fourth-order valence-corrected chi connectivity index (χ4v) is 6.65. The van der Waals surface area contributed by atoms with Crippen molar-refractivity contribution in [3.05, 3.63) is 65.0 Å². The topological polar surface area (TPSA) is 73.4 Å². The zero-order chi connectivity index (χ0) is 33.6. The largest absolute Gasteiger partial charge is 0.448 e. The van der Waals surface area contributed by atoms with Crippen LogP contribution >= 0.6 is 0 Å². The number of rotatable bonds is 5. The quantitative estimate of drug-likeness (QED) is 0.351. The van der Waals surface area contributed by atoms with Crippen molar-refractivity contribution in [1.82, 2.24) is 14.7 Å². The maximum atomic E-state index is 13.8. The van der Waals surface area contributed by atoms with Crippen molar-refractivity contribution in [2.24, 2.45) is 5.92 Å². The second-order valence-corrected chi connectivity index (χ2v) is 12.0. The van der Waals surface area contributed by atoms with E-state index in [4.69, 9.17) is 4.74 Å². The summed E-state index contributed by atoms with van der Waals surface area (Å²) in [5, 5.41) is 0. The molecule has 0 spiro atoms. The molecule has 0 N–H and O–H groups in total. The number of amides is 4. The van der Waals surface area contributed by atoms with E-state index in [0.29, 0.717) is 61.4 Å². The number of carbonyl (C=O) groups is 3. The number of nitrogens with zero attached hydrogens (tertiary/aromatic N) is 4. The second-order valence-electron chi connectivity index (χ2n) is 12.0. The van der Waals surface area contributed by atoms with Gasteiger partial charge in [-0.1, -0.05) is 12.1 Å². The normalized spacial score (nSPS) is 23.8. The second kappa shape index (κ2) is 12.6. The van der Waals surface area contributed by atoms with Gasteiger partial charge in [0, 0.05) is 50.7 Å². The predicted octanol–water partition coefficient (Wildman–Crippen LogP) is 6.36. The van der Waals surface area contributed by atoms with Gasteiger partial charge in [0.25, 0.3) is 0 Å². The summed E-state index contributed by atoms with van der Waals surface area (Å²) in [5.41, 5.74) is -3.11. The third-order valence-corrected chi connectivity index (χ3v) is 9.22. The molecule has 0 radical (unpaired) electrons. The third-order valence-electron chi connectivity index (χ3n) is 9.22. The Morgan fingerprint density at radius 1 is 0.870 bits per heavy atom. The van der Waals surface area contributed by atoms with Crippen molar-refractivity contribution in [1.29, 1.82) is 0 Å². The molecule has 250 valence electrons. The molecule has 2 saturated heterocycles. The number of alkyl halides is 6. The van der Waals surface area contributed by atoms with Crippen LogP contribution in [0.4, 0.5) is 46.0 Å². The zero-order valence-corrected chi connectivity index (χ0v) is 25.1. The highest BCUT2D eigenvalue weighted by Gasteiger charge is 2.44. The maximum absolute atomic E-state index is 13.8. The molecular formula is C31H33F7N4O4. The van der Waals surface area contributed by atoms with Crippen LogP contribution in [-0.4, -0.2) is 85.2 Å². The Kier molecular flexibility index (Phi) is 9.15. The van der Waals surface area contributed by atoms with Gasteiger partial charge in [0.15, 0.2) is 0 Å². The highest BCUT2D eigenvalue weighted by atomic mass is 19.4. The Hall–Kier alpha value is -4.04. The molecule has 1 aliphatic carbocycles. The molecule has 2 unspecified atom stereocenters. The number of benzene rings is 2. The van der Waals surface area contributed by atoms with Crippen molar-refractivity contribution < 1.29 is 49.9 Å². The smallest absolute Gasteiger partial charge is 0.416 e. The van der Waals surface area contributed by atoms with Gasteiger partial charge in [-0.25, -0.2) is 14.0 Å². The monoisotopic (exact) mass is 658 g/mol. The van der Waals surface area contributed by atoms with Crippen LogP contribution < -0.4 is 4.90 Å². The fraction of sp³-hybridized carbons (Fsp3) is 0.516. The summed E-state index contributed by atoms with van der Waals surface area (Å²) in [6.07, 6.45) is -8.26. The standard InChI is InChI=1S/C31H33F7N4O4/c1-39(24-14-20(30(33,34)35)13-21(15-24)31(36,37)38)28(44)40(2)26-17-41(16-25(26)18-3-7-22(32)8-4-18)27(43)19-5-9-23(10-6-19)42-11-12-46-29(42)45/h3-4,7-8,13-15,19,23,25-26H,5-6,9-12,16-17H2,1-2H3. The maximum Gasteiger partial charge on any atom is 0.416 e. The molecule has 2 aliphatic heterocycles. The molecule has 2 aromatic rings. The Labute approximate surface area is 260 Å². The molecule has 2 heterocycles. The average Bonchev–Trinajstić information content (AvgIpc) is 3.66. The summed E-state index contributed by atoms with van der Waals surface area (Å²) in [6, 6.07) is 4.80. The van der Waals surface area contributed by atoms with Gasteiger partial charge in [-0.15, -0.1) is 0 Å². The molecule has 4 amide bonds. The Morgan fingerprint density at radius 3 is 1.98 bits per heavy atom. The number of anilines is 1. The van der Waals surface area contributed by atoms with E-state index in [-0.39, 0.29) is 43.1 Å². The Balaban J connectivity index is 1.36. The van der Waals surface area contributed by atoms with Gasteiger partial charge in [-0.3, -0.25) is 9.69 Å². The number of urea groups is 1. The molecule has 0 aromatic heterocycles. The van der Waals surface area contributed by atoms with Crippen LogP contribution in [-0.2, 0) is 21.9 Å². The molecule has 3 fully saturated rings. The molecule has 3 aliphatic rings. The molecule has 46 heavy (non-hydrogen) atoms. The van der Waals surface area contributed by atoms with Crippen LogP contribution in [0, 0.1) is 11.7 Å².